The van der Waals surface area contributed by atoms with Crippen molar-refractivity contribution in [2.75, 3.05) is 0 Å². The molecule has 0 spiro atoms. The predicted octanol–water partition coefficient (Wildman–Crippen LogP) is 6.60. The maximum absolute atomic E-state index is 13.3. The number of halogens is 3. The maximum Gasteiger partial charge on any atom is 0.264 e. The van der Waals surface area contributed by atoms with Crippen LogP contribution in [0.5, 0.6) is 5.75 Å². The Bertz CT molecular complexity index is 1180. The van der Waals surface area contributed by atoms with Crippen LogP contribution < -0.4 is 10.1 Å². The summed E-state index contributed by atoms with van der Waals surface area (Å²) in [5, 5.41) is 3.76. The first-order chi connectivity index (χ1) is 15.0. The average Bonchev–Trinajstić information content (AvgIpc) is 3.10. The molecule has 0 bridgehead atoms. The van der Waals surface area contributed by atoms with E-state index in [2.05, 4.69) is 10.3 Å². The highest BCUT2D eigenvalue weighted by Gasteiger charge is 2.23. The molecule has 3 aromatic carbocycles. The van der Waals surface area contributed by atoms with E-state index >= 15 is 0 Å². The topological polar surface area (TPSA) is 50.7 Å². The van der Waals surface area contributed by atoms with E-state index in [9.17, 15) is 9.18 Å². The predicted molar refractivity (Wildman–Crippen MR) is 124 cm³/mol. The van der Waals surface area contributed by atoms with Crippen LogP contribution in [0.25, 0.3) is 6.08 Å². The fraction of sp³-hybridized carbons (Fsp3) is 0.0435. The number of nitrogens with zero attached hydrogens (tertiary/aromatic N) is 1. The second-order valence-electron chi connectivity index (χ2n) is 6.56. The van der Waals surface area contributed by atoms with E-state index in [-0.39, 0.29) is 10.9 Å². The van der Waals surface area contributed by atoms with Gasteiger partial charge in [0.05, 0.1) is 15.6 Å². The SMILES string of the molecule is O=C1NC(=Nc2ccc(F)c(Cl)c2)S/C1=C\c1ccc(OCc2ccc(Cl)cc2)cc1. The average molecular weight is 473 g/mol. The normalized spacial score (nSPS) is 16.0. The Hall–Kier alpha value is -2.80. The lowest BCUT2D eigenvalue weighted by Gasteiger charge is -2.06. The minimum atomic E-state index is -0.519. The lowest BCUT2D eigenvalue weighted by atomic mass is 10.2. The van der Waals surface area contributed by atoms with Crippen molar-refractivity contribution in [3.8, 4) is 5.75 Å². The molecule has 0 atom stereocenters. The number of amidine groups is 1. The van der Waals surface area contributed by atoms with Gasteiger partial charge in [0.2, 0.25) is 0 Å². The molecule has 3 aromatic rings. The number of hydrogen-bond donors (Lipinski definition) is 1. The molecule has 1 aliphatic rings. The van der Waals surface area contributed by atoms with Crippen molar-refractivity contribution >= 4 is 57.8 Å². The maximum atomic E-state index is 13.3. The zero-order valence-electron chi connectivity index (χ0n) is 15.9. The smallest absolute Gasteiger partial charge is 0.264 e. The van der Waals surface area contributed by atoms with E-state index in [0.29, 0.717) is 27.4 Å². The number of benzene rings is 3. The summed E-state index contributed by atoms with van der Waals surface area (Å²) in [4.78, 5) is 17.1. The molecule has 1 N–H and O–H groups in total. The number of hydrogen-bond acceptors (Lipinski definition) is 4. The number of rotatable bonds is 5. The molecule has 4 rings (SSSR count). The van der Waals surface area contributed by atoms with Gasteiger partial charge in [0, 0.05) is 5.02 Å². The van der Waals surface area contributed by atoms with Gasteiger partial charge in [-0.2, -0.15) is 0 Å². The first-order valence-corrected chi connectivity index (χ1v) is 10.8. The summed E-state index contributed by atoms with van der Waals surface area (Å²) in [7, 11) is 0. The van der Waals surface area contributed by atoms with E-state index < -0.39 is 5.82 Å². The summed E-state index contributed by atoms with van der Waals surface area (Å²) in [5.41, 5.74) is 2.32. The van der Waals surface area contributed by atoms with E-state index in [0.717, 1.165) is 16.9 Å². The summed E-state index contributed by atoms with van der Waals surface area (Å²) in [6, 6.07) is 19.0. The fourth-order valence-corrected chi connectivity index (χ4v) is 3.85. The van der Waals surface area contributed by atoms with E-state index in [4.69, 9.17) is 27.9 Å². The zero-order chi connectivity index (χ0) is 21.8. The Morgan fingerprint density at radius 2 is 1.77 bits per heavy atom. The van der Waals surface area contributed by atoms with Crippen LogP contribution in [0.4, 0.5) is 10.1 Å². The third kappa shape index (κ3) is 5.67. The Balaban J connectivity index is 1.41. The zero-order valence-corrected chi connectivity index (χ0v) is 18.3. The van der Waals surface area contributed by atoms with E-state index in [1.54, 1.807) is 6.08 Å². The third-order valence-corrected chi connectivity index (χ3v) is 5.73. The second kappa shape index (κ2) is 9.56. The molecule has 0 radical (unpaired) electrons. The first-order valence-electron chi connectivity index (χ1n) is 9.18. The summed E-state index contributed by atoms with van der Waals surface area (Å²) < 4.78 is 19.1. The highest BCUT2D eigenvalue weighted by Crippen LogP contribution is 2.29. The largest absolute Gasteiger partial charge is 0.489 e. The van der Waals surface area contributed by atoms with E-state index in [1.807, 2.05) is 48.5 Å². The van der Waals surface area contributed by atoms with Crippen LogP contribution in [0.2, 0.25) is 10.0 Å². The molecule has 1 heterocycles. The molecule has 0 aromatic heterocycles. The van der Waals surface area contributed by atoms with Gasteiger partial charge in [0.15, 0.2) is 5.17 Å². The Kier molecular flexibility index (Phi) is 6.61. The molecule has 0 aliphatic carbocycles. The van der Waals surface area contributed by atoms with Gasteiger partial charge in [-0.15, -0.1) is 0 Å². The van der Waals surface area contributed by atoms with Gasteiger partial charge in [-0.05, 0) is 71.4 Å². The Morgan fingerprint density at radius 1 is 1.03 bits per heavy atom. The van der Waals surface area contributed by atoms with Crippen LogP contribution >= 0.6 is 35.0 Å². The van der Waals surface area contributed by atoms with Gasteiger partial charge >= 0.3 is 0 Å². The number of carbonyl (C=O) groups is 1. The molecular formula is C23H15Cl2FN2O2S. The number of nitrogens with one attached hydrogen (secondary N) is 1. The van der Waals surface area contributed by atoms with Crippen molar-refractivity contribution in [2.24, 2.45) is 4.99 Å². The van der Waals surface area contributed by atoms with Gasteiger partial charge in [-0.1, -0.05) is 47.5 Å². The Morgan fingerprint density at radius 3 is 2.48 bits per heavy atom. The molecule has 156 valence electrons. The molecule has 1 amide bonds. The van der Waals surface area contributed by atoms with Crippen LogP contribution in [0.3, 0.4) is 0 Å². The summed E-state index contributed by atoms with van der Waals surface area (Å²) in [6.45, 7) is 0.434. The summed E-state index contributed by atoms with van der Waals surface area (Å²) in [6.07, 6.45) is 1.77. The lowest BCUT2D eigenvalue weighted by molar-refractivity contribution is -0.115. The first kappa shape index (κ1) is 21.4. The molecular weight excluding hydrogens is 458 g/mol. The minimum Gasteiger partial charge on any atom is -0.489 e. The molecule has 8 heteroatoms. The van der Waals surface area contributed by atoms with Crippen molar-refractivity contribution in [1.29, 1.82) is 0 Å². The van der Waals surface area contributed by atoms with Crippen molar-refractivity contribution < 1.29 is 13.9 Å². The van der Waals surface area contributed by atoms with Crippen LogP contribution in [0.1, 0.15) is 11.1 Å². The number of ether oxygens (including phenoxy) is 1. The van der Waals surface area contributed by atoms with Crippen molar-refractivity contribution in [2.45, 2.75) is 6.61 Å². The van der Waals surface area contributed by atoms with Crippen molar-refractivity contribution in [1.82, 2.24) is 5.32 Å². The Labute approximate surface area is 192 Å². The van der Waals surface area contributed by atoms with E-state index in [1.165, 1.54) is 30.0 Å². The van der Waals surface area contributed by atoms with Crippen molar-refractivity contribution in [3.05, 3.63) is 98.6 Å². The van der Waals surface area contributed by atoms with Gasteiger partial charge in [0.1, 0.15) is 18.2 Å². The monoisotopic (exact) mass is 472 g/mol. The fourth-order valence-electron chi connectivity index (χ4n) is 2.71. The van der Waals surface area contributed by atoms with Crippen LogP contribution in [0, 0.1) is 5.82 Å². The number of amides is 1. The van der Waals surface area contributed by atoms with Gasteiger partial charge < -0.3 is 10.1 Å². The van der Waals surface area contributed by atoms with Crippen molar-refractivity contribution in [3.63, 3.8) is 0 Å². The number of carbonyl (C=O) groups excluding carboxylic acids is 1. The highest BCUT2D eigenvalue weighted by molar-refractivity contribution is 8.18. The molecule has 1 saturated heterocycles. The number of aliphatic imine (C=N–C) groups is 1. The number of thioether (sulfide) groups is 1. The molecule has 31 heavy (non-hydrogen) atoms. The minimum absolute atomic E-state index is 0.0229. The lowest BCUT2D eigenvalue weighted by Crippen LogP contribution is -2.19. The highest BCUT2D eigenvalue weighted by atomic mass is 35.5. The third-order valence-electron chi connectivity index (χ3n) is 4.28. The van der Waals surface area contributed by atoms with Crippen LogP contribution in [-0.4, -0.2) is 11.1 Å². The molecule has 1 fully saturated rings. The summed E-state index contributed by atoms with van der Waals surface area (Å²) in [5.74, 6) is -0.0500. The molecule has 0 unspecified atom stereocenters. The quantitative estimate of drug-likeness (QED) is 0.425. The standard InChI is InChI=1S/C23H15Cl2FN2O2S/c24-16-5-1-15(2-6-16)13-30-18-8-3-14(4-9-18)11-21-22(29)28-23(31-21)27-17-7-10-20(26)19(25)12-17/h1-12H,13H2,(H,27,28,29)/b21-11-. The van der Waals surface area contributed by atoms with Gasteiger partial charge in [-0.25, -0.2) is 9.38 Å². The van der Waals surface area contributed by atoms with Crippen LogP contribution in [-0.2, 0) is 11.4 Å². The molecule has 4 nitrogen and oxygen atoms in total. The van der Waals surface area contributed by atoms with Gasteiger partial charge in [-0.3, -0.25) is 4.79 Å². The molecule has 1 aliphatic heterocycles. The second-order valence-corrected chi connectivity index (χ2v) is 8.44. The molecule has 0 saturated carbocycles. The van der Waals surface area contributed by atoms with Gasteiger partial charge in [0.25, 0.3) is 5.91 Å². The summed E-state index contributed by atoms with van der Waals surface area (Å²) >= 11 is 12.9. The van der Waals surface area contributed by atoms with Crippen LogP contribution in [0.15, 0.2) is 76.6 Å².